The second-order valence-corrected chi connectivity index (χ2v) is 4.57. The van der Waals surface area contributed by atoms with Gasteiger partial charge in [-0.25, -0.2) is 0 Å². The van der Waals surface area contributed by atoms with Crippen LogP contribution in [0.4, 0.5) is 0 Å². The Labute approximate surface area is 89.6 Å². The largest absolute Gasteiger partial charge is 0.492 e. The normalized spacial score (nSPS) is 26.4. The van der Waals surface area contributed by atoms with Crippen LogP contribution in [0.2, 0.25) is 5.02 Å². The van der Waals surface area contributed by atoms with E-state index in [1.807, 2.05) is 0 Å². The number of hydrogen-bond donors (Lipinski definition) is 1. The van der Waals surface area contributed by atoms with E-state index >= 15 is 0 Å². The highest BCUT2D eigenvalue weighted by Gasteiger charge is 2.27. The van der Waals surface area contributed by atoms with Crippen molar-refractivity contribution in [1.82, 2.24) is 0 Å². The van der Waals surface area contributed by atoms with Gasteiger partial charge in [0.05, 0.1) is 10.9 Å². The number of fused-ring (bicyclic) bond motifs is 1. The van der Waals surface area contributed by atoms with Gasteiger partial charge in [-0.15, -0.1) is 0 Å². The van der Waals surface area contributed by atoms with Crippen molar-refractivity contribution in [2.45, 2.75) is 10.9 Å². The highest BCUT2D eigenvalue weighted by atomic mass is 79.9. The van der Waals surface area contributed by atoms with Crippen molar-refractivity contribution < 1.29 is 9.84 Å². The molecule has 0 aliphatic carbocycles. The fraction of sp³-hybridized carbons (Fsp3) is 0.333. The van der Waals surface area contributed by atoms with E-state index in [4.69, 9.17) is 16.3 Å². The third-order valence-corrected chi connectivity index (χ3v) is 3.03. The molecule has 1 aliphatic rings. The first-order valence-electron chi connectivity index (χ1n) is 3.93. The number of rotatable bonds is 0. The molecule has 0 saturated heterocycles. The Kier molecular flexibility index (Phi) is 2.49. The van der Waals surface area contributed by atoms with E-state index in [-0.39, 0.29) is 4.83 Å². The van der Waals surface area contributed by atoms with Gasteiger partial charge < -0.3 is 9.84 Å². The molecule has 1 aromatic rings. The number of ether oxygens (including phenoxy) is 1. The van der Waals surface area contributed by atoms with Crippen LogP contribution in [-0.2, 0) is 0 Å². The predicted octanol–water partition coefficient (Wildman–Crippen LogP) is 2.53. The second-order valence-electron chi connectivity index (χ2n) is 2.95. The Bertz CT molecular complexity index is 329. The summed E-state index contributed by atoms with van der Waals surface area (Å²) in [5, 5.41) is 10.4. The van der Waals surface area contributed by atoms with E-state index < -0.39 is 6.10 Å². The van der Waals surface area contributed by atoms with Gasteiger partial charge in [-0.3, -0.25) is 0 Å². The molecule has 1 N–H and O–H groups in total. The van der Waals surface area contributed by atoms with E-state index in [0.717, 1.165) is 5.56 Å². The van der Waals surface area contributed by atoms with Gasteiger partial charge in [0.15, 0.2) is 0 Å². The van der Waals surface area contributed by atoms with E-state index in [2.05, 4.69) is 15.9 Å². The molecule has 2 rings (SSSR count). The van der Waals surface area contributed by atoms with Gasteiger partial charge in [-0.1, -0.05) is 27.5 Å². The molecule has 0 spiro atoms. The number of alkyl halides is 1. The van der Waals surface area contributed by atoms with Gasteiger partial charge >= 0.3 is 0 Å². The Morgan fingerprint density at radius 3 is 3.08 bits per heavy atom. The topological polar surface area (TPSA) is 29.5 Å². The highest BCUT2D eigenvalue weighted by Crippen LogP contribution is 2.36. The minimum Gasteiger partial charge on any atom is -0.492 e. The molecule has 2 nitrogen and oxygen atoms in total. The van der Waals surface area contributed by atoms with E-state index in [1.54, 1.807) is 18.2 Å². The monoisotopic (exact) mass is 262 g/mol. The van der Waals surface area contributed by atoms with E-state index in [9.17, 15) is 5.11 Å². The number of aliphatic hydroxyl groups excluding tert-OH is 1. The molecule has 4 heteroatoms. The number of benzene rings is 1. The number of hydrogen-bond acceptors (Lipinski definition) is 2. The average Bonchev–Trinajstić information content (AvgIpc) is 2.12. The third-order valence-electron chi connectivity index (χ3n) is 2.03. The fourth-order valence-electron chi connectivity index (χ4n) is 1.34. The van der Waals surface area contributed by atoms with E-state index in [0.29, 0.717) is 17.4 Å². The van der Waals surface area contributed by atoms with Crippen molar-refractivity contribution in [2.75, 3.05) is 6.61 Å². The summed E-state index contributed by atoms with van der Waals surface area (Å²) < 4.78 is 5.40. The first-order chi connectivity index (χ1) is 6.18. The fourth-order valence-corrected chi connectivity index (χ4v) is 1.93. The van der Waals surface area contributed by atoms with Crippen LogP contribution in [0.3, 0.4) is 0 Å². The van der Waals surface area contributed by atoms with Crippen LogP contribution in [0, 0.1) is 0 Å². The maximum absolute atomic E-state index is 9.77. The summed E-state index contributed by atoms with van der Waals surface area (Å²) in [6.45, 7) is 0.482. The van der Waals surface area contributed by atoms with Gasteiger partial charge in [0.2, 0.25) is 0 Å². The SMILES string of the molecule is O[C@H]1c2cc(Cl)ccc2OC[C@@H]1Br. The predicted molar refractivity (Wildman–Crippen MR) is 54.6 cm³/mol. The molecule has 1 aliphatic heterocycles. The summed E-state index contributed by atoms with van der Waals surface area (Å²) in [5.74, 6) is 0.715. The zero-order valence-electron chi connectivity index (χ0n) is 6.71. The summed E-state index contributed by atoms with van der Waals surface area (Å²) >= 11 is 9.14. The molecule has 0 unspecified atom stereocenters. The lowest BCUT2D eigenvalue weighted by atomic mass is 10.0. The molecule has 1 aromatic carbocycles. The lowest BCUT2D eigenvalue weighted by molar-refractivity contribution is 0.125. The van der Waals surface area contributed by atoms with E-state index in [1.165, 1.54) is 0 Å². The first kappa shape index (κ1) is 9.31. The molecular weight excluding hydrogens is 255 g/mol. The smallest absolute Gasteiger partial charge is 0.125 e. The van der Waals surface area contributed by atoms with Crippen molar-refractivity contribution in [3.05, 3.63) is 28.8 Å². The summed E-state index contributed by atoms with van der Waals surface area (Å²) in [4.78, 5) is -0.0570. The lowest BCUT2D eigenvalue weighted by Crippen LogP contribution is -2.25. The molecule has 70 valence electrons. The lowest BCUT2D eigenvalue weighted by Gasteiger charge is -2.26. The molecule has 0 fully saturated rings. The molecule has 13 heavy (non-hydrogen) atoms. The zero-order valence-corrected chi connectivity index (χ0v) is 9.05. The minimum absolute atomic E-state index is 0.0570. The standard InChI is InChI=1S/C9H8BrClO2/c10-7-4-13-8-2-1-5(11)3-6(8)9(7)12/h1-3,7,9,12H,4H2/t7-,9-/m0/s1. The number of halogens is 2. The Balaban J connectivity index is 2.45. The van der Waals surface area contributed by atoms with Crippen LogP contribution in [0.25, 0.3) is 0 Å². The molecule has 0 aromatic heterocycles. The zero-order chi connectivity index (χ0) is 9.42. The van der Waals surface area contributed by atoms with Crippen LogP contribution in [0.15, 0.2) is 18.2 Å². The third kappa shape index (κ3) is 1.68. The summed E-state index contributed by atoms with van der Waals surface area (Å²) in [6.07, 6.45) is -0.539. The molecule has 0 saturated carbocycles. The Morgan fingerprint density at radius 1 is 1.54 bits per heavy atom. The van der Waals surface area contributed by atoms with Gasteiger partial charge in [-0.2, -0.15) is 0 Å². The van der Waals surface area contributed by atoms with Gasteiger partial charge in [0.25, 0.3) is 0 Å². The van der Waals surface area contributed by atoms with Crippen LogP contribution in [0.1, 0.15) is 11.7 Å². The minimum atomic E-state index is -0.539. The van der Waals surface area contributed by atoms with Crippen molar-refractivity contribution in [3.63, 3.8) is 0 Å². The molecule has 0 radical (unpaired) electrons. The molecule has 0 bridgehead atoms. The van der Waals surface area contributed by atoms with Crippen LogP contribution < -0.4 is 4.74 Å². The van der Waals surface area contributed by atoms with Crippen molar-refractivity contribution in [3.8, 4) is 5.75 Å². The van der Waals surface area contributed by atoms with Crippen molar-refractivity contribution in [2.24, 2.45) is 0 Å². The summed E-state index contributed by atoms with van der Waals surface area (Å²) in [6, 6.07) is 5.26. The molecule has 1 heterocycles. The van der Waals surface area contributed by atoms with Crippen molar-refractivity contribution >= 4 is 27.5 Å². The first-order valence-corrected chi connectivity index (χ1v) is 5.22. The van der Waals surface area contributed by atoms with Crippen LogP contribution in [-0.4, -0.2) is 16.5 Å². The molecule has 2 atom stereocenters. The maximum Gasteiger partial charge on any atom is 0.125 e. The van der Waals surface area contributed by atoms with Crippen LogP contribution in [0.5, 0.6) is 5.75 Å². The molecule has 0 amide bonds. The van der Waals surface area contributed by atoms with Gasteiger partial charge in [-0.05, 0) is 18.2 Å². The van der Waals surface area contributed by atoms with Gasteiger partial charge in [0.1, 0.15) is 12.4 Å². The average molecular weight is 264 g/mol. The summed E-state index contributed by atoms with van der Waals surface area (Å²) in [5.41, 5.74) is 0.751. The second kappa shape index (κ2) is 3.48. The van der Waals surface area contributed by atoms with Crippen LogP contribution >= 0.6 is 27.5 Å². The highest BCUT2D eigenvalue weighted by molar-refractivity contribution is 9.09. The number of aliphatic hydroxyl groups is 1. The Morgan fingerprint density at radius 2 is 2.31 bits per heavy atom. The molecular formula is C9H8BrClO2. The van der Waals surface area contributed by atoms with Crippen molar-refractivity contribution in [1.29, 1.82) is 0 Å². The quantitative estimate of drug-likeness (QED) is 0.729. The Hall–Kier alpha value is -0.250. The maximum atomic E-state index is 9.77. The summed E-state index contributed by atoms with van der Waals surface area (Å²) in [7, 11) is 0. The van der Waals surface area contributed by atoms with Gasteiger partial charge in [0, 0.05) is 10.6 Å².